The molecule has 0 radical (unpaired) electrons. The fourth-order valence-corrected chi connectivity index (χ4v) is 4.23. The van der Waals surface area contributed by atoms with Gasteiger partial charge in [0.05, 0.1) is 6.04 Å². The largest absolute Gasteiger partial charge is 0.334 e. The third-order valence-electron chi connectivity index (χ3n) is 4.61. The van der Waals surface area contributed by atoms with Crippen LogP contribution in [0.25, 0.3) is 0 Å². The zero-order chi connectivity index (χ0) is 18.2. The summed E-state index contributed by atoms with van der Waals surface area (Å²) < 4.78 is 12.0. The first-order valence-corrected chi connectivity index (χ1v) is 10.5. The third-order valence-corrected chi connectivity index (χ3v) is 6.68. The molecule has 2 N–H and O–H groups in total. The molecular formula is C18H34N2O3S. The summed E-state index contributed by atoms with van der Waals surface area (Å²) in [7, 11) is -1.02. The first kappa shape index (κ1) is 21.1. The molecule has 1 rings (SSSR count). The number of hydrogen-bond acceptors (Lipinski definition) is 3. The molecule has 0 spiro atoms. The van der Waals surface area contributed by atoms with Gasteiger partial charge in [0.2, 0.25) is 0 Å². The van der Waals surface area contributed by atoms with Gasteiger partial charge in [0.15, 0.2) is 0 Å². The van der Waals surface area contributed by atoms with Crippen molar-refractivity contribution in [2.75, 3.05) is 5.75 Å². The van der Waals surface area contributed by atoms with Crippen LogP contribution < -0.4 is 10.6 Å². The van der Waals surface area contributed by atoms with E-state index in [0.717, 1.165) is 44.8 Å². The maximum Gasteiger partial charge on any atom is 0.315 e. The highest BCUT2D eigenvalue weighted by Gasteiger charge is 2.27. The van der Waals surface area contributed by atoms with Gasteiger partial charge < -0.3 is 15.4 Å². The van der Waals surface area contributed by atoms with Crippen molar-refractivity contribution >= 4 is 23.1 Å². The van der Waals surface area contributed by atoms with Gasteiger partial charge in [-0.2, -0.15) is 0 Å². The SMILES string of the molecule is CCCC(CS(=O)C(C)(C)C)NC(=O)NC(C=O)C1CCCCC1. The fourth-order valence-electron chi connectivity index (χ4n) is 3.11. The topological polar surface area (TPSA) is 75.3 Å². The van der Waals surface area contributed by atoms with Crippen LogP contribution in [-0.2, 0) is 15.6 Å². The summed E-state index contributed by atoms with van der Waals surface area (Å²) >= 11 is 0. The zero-order valence-electron chi connectivity index (χ0n) is 15.6. The lowest BCUT2D eigenvalue weighted by molar-refractivity contribution is -0.110. The van der Waals surface area contributed by atoms with E-state index in [-0.39, 0.29) is 22.7 Å². The second-order valence-electron chi connectivity index (χ2n) is 7.79. The summed E-state index contributed by atoms with van der Waals surface area (Å²) in [6.45, 7) is 7.87. The number of urea groups is 1. The lowest BCUT2D eigenvalue weighted by Gasteiger charge is -2.28. The van der Waals surface area contributed by atoms with E-state index < -0.39 is 16.8 Å². The molecule has 1 aliphatic carbocycles. The van der Waals surface area contributed by atoms with Gasteiger partial charge in [0, 0.05) is 27.3 Å². The third kappa shape index (κ3) is 7.32. The Kier molecular flexibility index (Phi) is 8.95. The number of carbonyl (C=O) groups excluding carboxylic acids is 2. The zero-order valence-corrected chi connectivity index (χ0v) is 16.4. The molecule has 0 bridgehead atoms. The van der Waals surface area contributed by atoms with Crippen molar-refractivity contribution in [3.8, 4) is 0 Å². The molecule has 24 heavy (non-hydrogen) atoms. The average molecular weight is 359 g/mol. The molecule has 3 unspecified atom stereocenters. The number of nitrogens with one attached hydrogen (secondary N) is 2. The predicted molar refractivity (Wildman–Crippen MR) is 99.6 cm³/mol. The minimum atomic E-state index is -1.02. The second-order valence-corrected chi connectivity index (χ2v) is 10.0. The first-order chi connectivity index (χ1) is 11.3. The highest BCUT2D eigenvalue weighted by molar-refractivity contribution is 7.86. The summed E-state index contributed by atoms with van der Waals surface area (Å²) in [5.74, 6) is 0.690. The van der Waals surface area contributed by atoms with E-state index >= 15 is 0 Å². The first-order valence-electron chi connectivity index (χ1n) is 9.18. The van der Waals surface area contributed by atoms with E-state index in [2.05, 4.69) is 10.6 Å². The molecule has 1 fully saturated rings. The fraction of sp³-hybridized carbons (Fsp3) is 0.889. The van der Waals surface area contributed by atoms with E-state index in [1.54, 1.807) is 0 Å². The molecule has 140 valence electrons. The van der Waals surface area contributed by atoms with E-state index in [1.807, 2.05) is 27.7 Å². The minimum absolute atomic E-state index is 0.131. The van der Waals surface area contributed by atoms with Crippen LogP contribution in [0.4, 0.5) is 4.79 Å². The number of carbonyl (C=O) groups is 2. The Labute approximate surface area is 149 Å². The molecule has 0 aliphatic heterocycles. The predicted octanol–water partition coefficient (Wildman–Crippen LogP) is 3.15. The van der Waals surface area contributed by atoms with Gasteiger partial charge in [0.25, 0.3) is 0 Å². The summed E-state index contributed by atoms with van der Waals surface area (Å²) in [4.78, 5) is 23.7. The monoisotopic (exact) mass is 358 g/mol. The Morgan fingerprint density at radius 3 is 2.33 bits per heavy atom. The van der Waals surface area contributed by atoms with Gasteiger partial charge >= 0.3 is 6.03 Å². The smallest absolute Gasteiger partial charge is 0.315 e. The standard InChI is InChI=1S/C18H34N2O3S/c1-5-9-15(13-24(23)18(2,3)4)19-17(22)20-16(12-21)14-10-7-6-8-11-14/h12,14-16H,5-11,13H2,1-4H3,(H2,19,20,22). The van der Waals surface area contributed by atoms with E-state index in [0.29, 0.717) is 5.75 Å². The van der Waals surface area contributed by atoms with Crippen LogP contribution in [0.2, 0.25) is 0 Å². The summed E-state index contributed by atoms with van der Waals surface area (Å²) in [5.41, 5.74) is 0. The second kappa shape index (κ2) is 10.2. The van der Waals surface area contributed by atoms with Crippen molar-refractivity contribution < 1.29 is 13.8 Å². The van der Waals surface area contributed by atoms with E-state index in [9.17, 15) is 13.8 Å². The Morgan fingerprint density at radius 2 is 1.83 bits per heavy atom. The molecule has 0 saturated heterocycles. The van der Waals surface area contributed by atoms with Crippen LogP contribution in [0.5, 0.6) is 0 Å². The Hall–Kier alpha value is -0.910. The van der Waals surface area contributed by atoms with Gasteiger partial charge in [-0.05, 0) is 46.0 Å². The lowest BCUT2D eigenvalue weighted by Crippen LogP contribution is -2.51. The molecule has 1 aliphatic rings. The van der Waals surface area contributed by atoms with Crippen molar-refractivity contribution in [2.45, 2.75) is 89.5 Å². The molecule has 0 aromatic rings. The van der Waals surface area contributed by atoms with E-state index in [4.69, 9.17) is 0 Å². The molecule has 0 aromatic heterocycles. The summed E-state index contributed by atoms with van der Waals surface area (Å²) in [5, 5.41) is 5.74. The minimum Gasteiger partial charge on any atom is -0.334 e. The molecule has 0 heterocycles. The number of hydrogen-bond donors (Lipinski definition) is 2. The van der Waals surface area contributed by atoms with Gasteiger partial charge in [-0.1, -0.05) is 32.6 Å². The van der Waals surface area contributed by atoms with Gasteiger partial charge in [0.1, 0.15) is 6.29 Å². The van der Waals surface area contributed by atoms with Crippen LogP contribution in [0.3, 0.4) is 0 Å². The van der Waals surface area contributed by atoms with Crippen molar-refractivity contribution in [1.29, 1.82) is 0 Å². The Balaban J connectivity index is 2.56. The summed E-state index contributed by atoms with van der Waals surface area (Å²) in [6, 6.07) is -0.864. The molecule has 5 nitrogen and oxygen atoms in total. The average Bonchev–Trinajstić information content (AvgIpc) is 2.52. The normalized spacial score (nSPS) is 20.0. The molecular weight excluding hydrogens is 324 g/mol. The molecule has 6 heteroatoms. The van der Waals surface area contributed by atoms with Crippen molar-refractivity contribution in [1.82, 2.24) is 10.6 Å². The van der Waals surface area contributed by atoms with E-state index in [1.165, 1.54) is 6.42 Å². The Morgan fingerprint density at radius 1 is 1.21 bits per heavy atom. The lowest BCUT2D eigenvalue weighted by atomic mass is 9.84. The number of aldehydes is 1. The summed E-state index contributed by atoms with van der Waals surface area (Å²) in [6.07, 6.45) is 8.01. The Bertz CT molecular complexity index is 428. The quantitative estimate of drug-likeness (QED) is 0.655. The highest BCUT2D eigenvalue weighted by atomic mass is 32.2. The van der Waals surface area contributed by atoms with Crippen molar-refractivity contribution in [2.24, 2.45) is 5.92 Å². The van der Waals surface area contributed by atoms with Crippen molar-refractivity contribution in [3.63, 3.8) is 0 Å². The van der Waals surface area contributed by atoms with Crippen LogP contribution in [0, 0.1) is 5.92 Å². The van der Waals surface area contributed by atoms with Crippen LogP contribution in [-0.4, -0.2) is 39.1 Å². The van der Waals surface area contributed by atoms with Crippen molar-refractivity contribution in [3.05, 3.63) is 0 Å². The van der Waals surface area contributed by atoms with Gasteiger partial charge in [-0.3, -0.25) is 4.21 Å². The maximum atomic E-state index is 12.3. The number of amides is 2. The molecule has 0 aromatic carbocycles. The van der Waals surface area contributed by atoms with Crippen LogP contribution >= 0.6 is 0 Å². The molecule has 2 amide bonds. The maximum absolute atomic E-state index is 12.3. The highest BCUT2D eigenvalue weighted by Crippen LogP contribution is 2.25. The number of rotatable bonds is 8. The van der Waals surface area contributed by atoms with Gasteiger partial charge in [-0.15, -0.1) is 0 Å². The van der Waals surface area contributed by atoms with Crippen LogP contribution in [0.15, 0.2) is 0 Å². The van der Waals surface area contributed by atoms with Crippen LogP contribution in [0.1, 0.15) is 72.6 Å². The molecule has 1 saturated carbocycles. The van der Waals surface area contributed by atoms with Gasteiger partial charge in [-0.25, -0.2) is 4.79 Å². The molecule has 3 atom stereocenters.